The van der Waals surface area contributed by atoms with Crippen molar-refractivity contribution in [2.45, 2.75) is 34.1 Å². The van der Waals surface area contributed by atoms with Gasteiger partial charge in [-0.05, 0) is 24.8 Å². The van der Waals surface area contributed by atoms with E-state index in [1.54, 1.807) is 0 Å². The second kappa shape index (κ2) is 5.76. The fraction of sp³-hybridized carbons (Fsp3) is 0.545. The van der Waals surface area contributed by atoms with E-state index in [-0.39, 0.29) is 0 Å². The van der Waals surface area contributed by atoms with Crippen LogP contribution >= 0.6 is 0 Å². The first-order chi connectivity index (χ1) is 5.61. The zero-order chi connectivity index (χ0) is 9.56. The molecule has 1 nitrogen and oxygen atoms in total. The number of hydrogen-bond donors (Lipinski definition) is 0. The van der Waals surface area contributed by atoms with E-state index in [0.29, 0.717) is 5.92 Å². The summed E-state index contributed by atoms with van der Waals surface area (Å²) < 4.78 is 0. The van der Waals surface area contributed by atoms with Crippen LogP contribution in [0.15, 0.2) is 28.9 Å². The maximum absolute atomic E-state index is 4.28. The fourth-order valence-corrected chi connectivity index (χ4v) is 0.685. The van der Waals surface area contributed by atoms with Crippen LogP contribution in [0.5, 0.6) is 0 Å². The third kappa shape index (κ3) is 4.12. The number of aliphatic imine (C=N–C) groups is 1. The second-order valence-electron chi connectivity index (χ2n) is 3.12. The van der Waals surface area contributed by atoms with Gasteiger partial charge in [0, 0.05) is 11.9 Å². The zero-order valence-corrected chi connectivity index (χ0v) is 8.59. The molecular weight excluding hydrogens is 146 g/mol. The van der Waals surface area contributed by atoms with E-state index in [2.05, 4.69) is 38.4 Å². The summed E-state index contributed by atoms with van der Waals surface area (Å²) in [6.45, 7) is 12.2. The Balaban J connectivity index is 4.15. The summed E-state index contributed by atoms with van der Waals surface area (Å²) in [5, 5.41) is 0. The average molecular weight is 165 g/mol. The Labute approximate surface area is 75.9 Å². The molecule has 0 aromatic rings. The highest BCUT2D eigenvalue weighted by Gasteiger charge is 1.95. The van der Waals surface area contributed by atoms with Crippen molar-refractivity contribution in [2.24, 2.45) is 10.9 Å². The first-order valence-corrected chi connectivity index (χ1v) is 4.49. The van der Waals surface area contributed by atoms with Crippen LogP contribution in [0.25, 0.3) is 0 Å². The standard InChI is InChI=1S/C11H19N/c1-6-11(7-2)8-12-10(5)9(3)4/h6,8-9H,5,7H2,1-4H3/b11-6-,12-8-. The molecule has 0 saturated carbocycles. The van der Waals surface area contributed by atoms with E-state index in [9.17, 15) is 0 Å². The molecule has 0 aromatic carbocycles. The van der Waals surface area contributed by atoms with Crippen molar-refractivity contribution >= 4 is 6.21 Å². The molecule has 0 saturated heterocycles. The van der Waals surface area contributed by atoms with Gasteiger partial charge in [0.1, 0.15) is 0 Å². The third-order valence-electron chi connectivity index (χ3n) is 1.84. The summed E-state index contributed by atoms with van der Waals surface area (Å²) in [7, 11) is 0. The van der Waals surface area contributed by atoms with Crippen LogP contribution in [0, 0.1) is 5.92 Å². The molecule has 0 heterocycles. The lowest BCUT2D eigenvalue weighted by Gasteiger charge is -2.02. The fourth-order valence-electron chi connectivity index (χ4n) is 0.685. The maximum Gasteiger partial charge on any atom is 0.0357 e. The maximum atomic E-state index is 4.28. The van der Waals surface area contributed by atoms with Crippen LogP contribution in [-0.4, -0.2) is 6.21 Å². The number of allylic oxidation sites excluding steroid dienone is 3. The zero-order valence-electron chi connectivity index (χ0n) is 8.59. The number of hydrogen-bond acceptors (Lipinski definition) is 1. The van der Waals surface area contributed by atoms with Crippen LogP contribution < -0.4 is 0 Å². The predicted octanol–water partition coefficient (Wildman–Crippen LogP) is 3.58. The van der Waals surface area contributed by atoms with Crippen molar-refractivity contribution in [3.05, 3.63) is 23.9 Å². The second-order valence-corrected chi connectivity index (χ2v) is 3.12. The first kappa shape index (κ1) is 11.2. The molecular formula is C11H19N. The summed E-state index contributed by atoms with van der Waals surface area (Å²) in [6, 6.07) is 0. The summed E-state index contributed by atoms with van der Waals surface area (Å²) in [4.78, 5) is 4.28. The van der Waals surface area contributed by atoms with Crippen LogP contribution in [0.4, 0.5) is 0 Å². The van der Waals surface area contributed by atoms with Crippen LogP contribution in [0.2, 0.25) is 0 Å². The highest BCUT2D eigenvalue weighted by Crippen LogP contribution is 2.08. The molecule has 1 heteroatoms. The minimum atomic E-state index is 0.441. The molecule has 0 bridgehead atoms. The molecule has 68 valence electrons. The molecule has 0 aliphatic heterocycles. The van der Waals surface area contributed by atoms with E-state index in [1.807, 2.05) is 13.1 Å². The molecule has 0 atom stereocenters. The summed E-state index contributed by atoms with van der Waals surface area (Å²) in [6.07, 6.45) is 5.02. The molecule has 0 amide bonds. The molecule has 0 aliphatic carbocycles. The van der Waals surface area contributed by atoms with Gasteiger partial charge in [0.25, 0.3) is 0 Å². The van der Waals surface area contributed by atoms with Gasteiger partial charge < -0.3 is 0 Å². The third-order valence-corrected chi connectivity index (χ3v) is 1.84. The number of rotatable bonds is 4. The van der Waals surface area contributed by atoms with Crippen molar-refractivity contribution in [2.75, 3.05) is 0 Å². The van der Waals surface area contributed by atoms with Gasteiger partial charge >= 0.3 is 0 Å². The van der Waals surface area contributed by atoms with Crippen molar-refractivity contribution < 1.29 is 0 Å². The van der Waals surface area contributed by atoms with Gasteiger partial charge in [0.15, 0.2) is 0 Å². The monoisotopic (exact) mass is 165 g/mol. The van der Waals surface area contributed by atoms with Gasteiger partial charge in [-0.15, -0.1) is 0 Å². The Bertz CT molecular complexity index is 197. The molecule has 0 aliphatic rings. The van der Waals surface area contributed by atoms with Gasteiger partial charge in [0.05, 0.1) is 0 Å². The Kier molecular flexibility index (Phi) is 5.35. The van der Waals surface area contributed by atoms with E-state index in [1.165, 1.54) is 5.57 Å². The minimum absolute atomic E-state index is 0.441. The van der Waals surface area contributed by atoms with Gasteiger partial charge in [-0.2, -0.15) is 0 Å². The van der Waals surface area contributed by atoms with Gasteiger partial charge in [-0.1, -0.05) is 33.4 Å². The highest BCUT2D eigenvalue weighted by molar-refractivity contribution is 5.79. The molecule has 0 radical (unpaired) electrons. The van der Waals surface area contributed by atoms with E-state index >= 15 is 0 Å². The molecule has 0 rings (SSSR count). The first-order valence-electron chi connectivity index (χ1n) is 4.49. The summed E-state index contributed by atoms with van der Waals surface area (Å²) in [5.41, 5.74) is 2.21. The Hall–Kier alpha value is -0.850. The average Bonchev–Trinajstić information content (AvgIpc) is 2.05. The molecule has 0 spiro atoms. The Morgan fingerprint density at radius 3 is 2.42 bits per heavy atom. The van der Waals surface area contributed by atoms with Crippen molar-refractivity contribution in [3.63, 3.8) is 0 Å². The van der Waals surface area contributed by atoms with E-state index < -0.39 is 0 Å². The molecule has 0 N–H and O–H groups in total. The van der Waals surface area contributed by atoms with Crippen molar-refractivity contribution in [1.29, 1.82) is 0 Å². The Morgan fingerprint density at radius 2 is 2.08 bits per heavy atom. The van der Waals surface area contributed by atoms with Crippen molar-refractivity contribution in [1.82, 2.24) is 0 Å². The molecule has 0 unspecified atom stereocenters. The topological polar surface area (TPSA) is 12.4 Å². The van der Waals surface area contributed by atoms with Crippen LogP contribution in [0.3, 0.4) is 0 Å². The Morgan fingerprint density at radius 1 is 1.50 bits per heavy atom. The number of nitrogens with zero attached hydrogens (tertiary/aromatic N) is 1. The van der Waals surface area contributed by atoms with Gasteiger partial charge in [0.2, 0.25) is 0 Å². The minimum Gasteiger partial charge on any atom is -0.261 e. The van der Waals surface area contributed by atoms with E-state index in [0.717, 1.165) is 12.1 Å². The van der Waals surface area contributed by atoms with E-state index in [4.69, 9.17) is 0 Å². The predicted molar refractivity (Wildman–Crippen MR) is 56.5 cm³/mol. The summed E-state index contributed by atoms with van der Waals surface area (Å²) in [5.74, 6) is 0.441. The lowest BCUT2D eigenvalue weighted by atomic mass is 10.1. The largest absolute Gasteiger partial charge is 0.261 e. The normalized spacial score (nSPS) is 12.9. The smallest absolute Gasteiger partial charge is 0.0357 e. The SMILES string of the molecule is C=C(/N=C\C(=C/C)CC)C(C)C. The quantitative estimate of drug-likeness (QED) is 0.564. The molecule has 12 heavy (non-hydrogen) atoms. The highest BCUT2D eigenvalue weighted by atomic mass is 14.7. The van der Waals surface area contributed by atoms with Gasteiger partial charge in [-0.25, -0.2) is 0 Å². The van der Waals surface area contributed by atoms with Crippen LogP contribution in [-0.2, 0) is 0 Å². The molecule has 0 aromatic heterocycles. The lowest BCUT2D eigenvalue weighted by molar-refractivity contribution is 0.763. The molecule has 0 fully saturated rings. The lowest BCUT2D eigenvalue weighted by Crippen LogP contribution is -1.90. The summed E-state index contributed by atoms with van der Waals surface area (Å²) >= 11 is 0. The van der Waals surface area contributed by atoms with Gasteiger partial charge in [-0.3, -0.25) is 4.99 Å². The van der Waals surface area contributed by atoms with Crippen LogP contribution in [0.1, 0.15) is 34.1 Å². The van der Waals surface area contributed by atoms with Crippen molar-refractivity contribution in [3.8, 4) is 0 Å².